The Kier molecular flexibility index (Phi) is 11.6. The molecular formula is C39H53N5. The minimum Gasteiger partial charge on any atom is -0.383 e. The van der Waals surface area contributed by atoms with Gasteiger partial charge in [-0.2, -0.15) is 0 Å². The van der Waals surface area contributed by atoms with Gasteiger partial charge in [-0.05, 0) is 149 Å². The van der Waals surface area contributed by atoms with Gasteiger partial charge in [0.05, 0.1) is 0 Å². The Morgan fingerprint density at radius 1 is 0.409 bits per heavy atom. The molecule has 5 nitrogen and oxygen atoms in total. The molecule has 2 unspecified atom stereocenters. The van der Waals surface area contributed by atoms with Crippen molar-refractivity contribution < 1.29 is 0 Å². The Morgan fingerprint density at radius 3 is 0.955 bits per heavy atom. The summed E-state index contributed by atoms with van der Waals surface area (Å²) in [5.74, 6) is 1.37. The third kappa shape index (κ3) is 9.97. The van der Waals surface area contributed by atoms with Crippen molar-refractivity contribution in [3.8, 4) is 0 Å². The van der Waals surface area contributed by atoms with E-state index < -0.39 is 0 Å². The zero-order valence-corrected chi connectivity index (χ0v) is 28.0. The molecule has 4 rings (SSSR count). The van der Waals surface area contributed by atoms with Crippen LogP contribution in [-0.4, -0.2) is 18.1 Å². The van der Waals surface area contributed by atoms with Gasteiger partial charge >= 0.3 is 0 Å². The van der Waals surface area contributed by atoms with Gasteiger partial charge in [-0.25, -0.2) is 0 Å². The monoisotopic (exact) mass is 591 g/mol. The summed E-state index contributed by atoms with van der Waals surface area (Å²) in [6.07, 6.45) is 2.32. The fourth-order valence-electron chi connectivity index (χ4n) is 5.89. The average Bonchev–Trinajstić information content (AvgIpc) is 2.96. The van der Waals surface area contributed by atoms with Gasteiger partial charge in [-0.3, -0.25) is 0 Å². The van der Waals surface area contributed by atoms with Crippen molar-refractivity contribution >= 4 is 45.5 Å². The van der Waals surface area contributed by atoms with Crippen molar-refractivity contribution in [1.29, 1.82) is 0 Å². The van der Waals surface area contributed by atoms with Gasteiger partial charge < -0.3 is 26.2 Å². The van der Waals surface area contributed by atoms with Gasteiger partial charge in [0, 0.05) is 63.6 Å². The van der Waals surface area contributed by atoms with Gasteiger partial charge in [0.1, 0.15) is 0 Å². The zero-order valence-electron chi connectivity index (χ0n) is 28.0. The Morgan fingerprint density at radius 2 is 0.682 bits per heavy atom. The molecule has 0 heterocycles. The number of anilines is 8. The number of rotatable bonds is 15. The lowest BCUT2D eigenvalue weighted by molar-refractivity contribution is 0.539. The molecule has 0 amide bonds. The van der Waals surface area contributed by atoms with E-state index in [0.29, 0.717) is 30.0 Å². The normalized spacial score (nSPS) is 12.7. The quantitative estimate of drug-likeness (QED) is 0.111. The van der Waals surface area contributed by atoms with Crippen molar-refractivity contribution in [1.82, 2.24) is 0 Å². The highest BCUT2D eigenvalue weighted by atomic mass is 15.2. The van der Waals surface area contributed by atoms with E-state index >= 15 is 0 Å². The molecule has 0 bridgehead atoms. The van der Waals surface area contributed by atoms with Crippen molar-refractivity contribution in [2.75, 3.05) is 26.2 Å². The van der Waals surface area contributed by atoms with Gasteiger partial charge in [0.25, 0.3) is 0 Å². The standard InChI is InChI=1S/C39H53N5/c1-27(2)25-30(7)40-32-9-13-34(14-10-32)42-36-17-21-38(22-18-36)44(29(5)6)39-23-19-37(20-24-39)43-35-15-11-33(12-16-35)41-31(8)26-28(3)4/h9-24,27-31,40-43H,25-26H2,1-8H3. The summed E-state index contributed by atoms with van der Waals surface area (Å²) in [6, 6.07) is 35.7. The lowest BCUT2D eigenvalue weighted by Crippen LogP contribution is -2.25. The SMILES string of the molecule is CC(C)CC(C)Nc1ccc(Nc2ccc(N(c3ccc(Nc4ccc(NC(C)CC(C)C)cc4)cc3)C(C)C)cc2)cc1. The molecule has 5 heteroatoms. The fraction of sp³-hybridized carbons (Fsp3) is 0.385. The lowest BCUT2D eigenvalue weighted by Gasteiger charge is -2.29. The maximum absolute atomic E-state index is 3.60. The number of nitrogens with one attached hydrogen (secondary N) is 4. The van der Waals surface area contributed by atoms with Crippen LogP contribution in [0.2, 0.25) is 0 Å². The second-order valence-electron chi connectivity index (χ2n) is 13.3. The molecule has 0 aliphatic heterocycles. The number of hydrogen-bond donors (Lipinski definition) is 4. The van der Waals surface area contributed by atoms with E-state index in [-0.39, 0.29) is 0 Å². The molecule has 0 saturated heterocycles. The third-order valence-electron chi connectivity index (χ3n) is 7.63. The lowest BCUT2D eigenvalue weighted by atomic mass is 10.1. The molecule has 0 fully saturated rings. The minimum atomic E-state index is 0.309. The molecule has 4 aromatic rings. The maximum atomic E-state index is 3.60. The molecule has 234 valence electrons. The van der Waals surface area contributed by atoms with E-state index in [4.69, 9.17) is 0 Å². The smallest absolute Gasteiger partial charge is 0.0414 e. The summed E-state index contributed by atoms with van der Waals surface area (Å²) in [4.78, 5) is 2.37. The van der Waals surface area contributed by atoms with Gasteiger partial charge in [0.2, 0.25) is 0 Å². The highest BCUT2D eigenvalue weighted by Gasteiger charge is 2.14. The first-order chi connectivity index (χ1) is 21.0. The van der Waals surface area contributed by atoms with Crippen LogP contribution in [0.15, 0.2) is 97.1 Å². The molecule has 0 aromatic heterocycles. The Balaban J connectivity index is 1.35. The molecule has 2 atom stereocenters. The van der Waals surface area contributed by atoms with E-state index in [1.54, 1.807) is 0 Å². The first kappa shape index (κ1) is 32.8. The number of benzene rings is 4. The van der Waals surface area contributed by atoms with E-state index in [1.165, 1.54) is 11.4 Å². The predicted octanol–water partition coefficient (Wildman–Crippen LogP) is 11.4. The van der Waals surface area contributed by atoms with Crippen LogP contribution in [0, 0.1) is 11.8 Å². The summed E-state index contributed by atoms with van der Waals surface area (Å²) < 4.78 is 0. The second-order valence-corrected chi connectivity index (χ2v) is 13.3. The van der Waals surface area contributed by atoms with Crippen LogP contribution < -0.4 is 26.2 Å². The fourth-order valence-corrected chi connectivity index (χ4v) is 5.89. The molecule has 0 aliphatic rings. The molecule has 0 aliphatic carbocycles. The summed E-state index contributed by atoms with van der Waals surface area (Å²) in [5, 5.41) is 14.3. The summed E-state index contributed by atoms with van der Waals surface area (Å²) in [7, 11) is 0. The van der Waals surface area contributed by atoms with Crippen LogP contribution in [-0.2, 0) is 0 Å². The highest BCUT2D eigenvalue weighted by molar-refractivity contribution is 5.71. The number of nitrogens with zero attached hydrogens (tertiary/aromatic N) is 1. The molecule has 0 spiro atoms. The maximum Gasteiger partial charge on any atom is 0.0414 e. The molecular weight excluding hydrogens is 538 g/mol. The zero-order chi connectivity index (χ0) is 31.6. The molecule has 0 radical (unpaired) electrons. The third-order valence-corrected chi connectivity index (χ3v) is 7.63. The predicted molar refractivity (Wildman–Crippen MR) is 195 cm³/mol. The van der Waals surface area contributed by atoms with E-state index in [2.05, 4.69) is 179 Å². The average molecular weight is 592 g/mol. The van der Waals surface area contributed by atoms with Gasteiger partial charge in [-0.15, -0.1) is 0 Å². The van der Waals surface area contributed by atoms with Gasteiger partial charge in [-0.1, -0.05) is 27.7 Å². The summed E-state index contributed by atoms with van der Waals surface area (Å²) in [6.45, 7) is 18.0. The molecule has 44 heavy (non-hydrogen) atoms. The van der Waals surface area contributed by atoms with E-state index in [1.807, 2.05) is 0 Å². The first-order valence-electron chi connectivity index (χ1n) is 16.3. The molecule has 4 N–H and O–H groups in total. The highest BCUT2D eigenvalue weighted by Crippen LogP contribution is 2.31. The van der Waals surface area contributed by atoms with Crippen LogP contribution in [0.4, 0.5) is 45.5 Å². The van der Waals surface area contributed by atoms with Crippen LogP contribution in [0.1, 0.15) is 68.2 Å². The summed E-state index contributed by atoms with van der Waals surface area (Å²) >= 11 is 0. The van der Waals surface area contributed by atoms with E-state index in [0.717, 1.165) is 47.0 Å². The van der Waals surface area contributed by atoms with Crippen molar-refractivity contribution in [2.24, 2.45) is 11.8 Å². The van der Waals surface area contributed by atoms with Crippen molar-refractivity contribution in [3.63, 3.8) is 0 Å². The van der Waals surface area contributed by atoms with Crippen LogP contribution in [0.25, 0.3) is 0 Å². The summed E-state index contributed by atoms with van der Waals surface area (Å²) in [5.41, 5.74) is 8.95. The molecule has 0 saturated carbocycles. The van der Waals surface area contributed by atoms with Gasteiger partial charge in [0.15, 0.2) is 0 Å². The first-order valence-corrected chi connectivity index (χ1v) is 16.3. The topological polar surface area (TPSA) is 51.4 Å². The Bertz CT molecular complexity index is 1280. The Hall–Kier alpha value is -4.12. The van der Waals surface area contributed by atoms with Crippen molar-refractivity contribution in [3.05, 3.63) is 97.1 Å². The van der Waals surface area contributed by atoms with Crippen LogP contribution in [0.3, 0.4) is 0 Å². The van der Waals surface area contributed by atoms with Crippen molar-refractivity contribution in [2.45, 2.75) is 86.4 Å². The second kappa shape index (κ2) is 15.6. The minimum absolute atomic E-state index is 0.309. The van der Waals surface area contributed by atoms with E-state index in [9.17, 15) is 0 Å². The largest absolute Gasteiger partial charge is 0.383 e. The van der Waals surface area contributed by atoms with Crippen LogP contribution in [0.5, 0.6) is 0 Å². The molecule has 4 aromatic carbocycles. The Labute approximate surface area is 266 Å². The number of hydrogen-bond acceptors (Lipinski definition) is 5. The van der Waals surface area contributed by atoms with Crippen LogP contribution >= 0.6 is 0 Å².